The van der Waals surface area contributed by atoms with Gasteiger partial charge in [0.15, 0.2) is 0 Å². The second-order valence-electron chi connectivity index (χ2n) is 7.05. The van der Waals surface area contributed by atoms with Gasteiger partial charge in [-0.3, -0.25) is 10.2 Å². The largest absolute Gasteiger partial charge is 0.492 e. The van der Waals surface area contributed by atoms with E-state index in [1.54, 1.807) is 0 Å². The molecule has 0 saturated heterocycles. The molecule has 1 heterocycles. The van der Waals surface area contributed by atoms with Crippen LogP contribution in [0, 0.1) is 0 Å². The number of alkyl carbamates (subject to hydrolysis) is 1. The fraction of sp³-hybridized carbons (Fsp3) is 0.526. The second-order valence-corrected chi connectivity index (χ2v) is 7.46. The smallest absolute Gasteiger partial charge is 0.411 e. The van der Waals surface area contributed by atoms with Gasteiger partial charge in [0.25, 0.3) is 0 Å². The number of halogens is 1. The number of hydrogen-bond donors (Lipinski definition) is 1. The molecule has 0 aromatic heterocycles. The average molecular weight is 367 g/mol. The normalized spacial score (nSPS) is 15.5. The monoisotopic (exact) mass is 366 g/mol. The zero-order valence-corrected chi connectivity index (χ0v) is 16.2. The van der Waals surface area contributed by atoms with Crippen molar-refractivity contribution in [3.05, 3.63) is 40.6 Å². The van der Waals surface area contributed by atoms with Crippen LogP contribution in [0.25, 0.3) is 0 Å². The van der Waals surface area contributed by atoms with E-state index < -0.39 is 11.7 Å². The molecule has 0 saturated carbocycles. The minimum atomic E-state index is -0.502. The van der Waals surface area contributed by atoms with Gasteiger partial charge in [0, 0.05) is 25.3 Å². The topological polar surface area (TPSA) is 50.8 Å². The molecule has 1 N–H and O–H groups in total. The molecule has 1 aliphatic rings. The standard InChI is InChI=1S/C19H27ClN2O3/c1-5-24-17-9-8-14(11-16(17)20)12-22-10-6-7-15(13-22)21-18(23)25-19(2,3)4/h7-9,11H,5-6,10,12-13H2,1-4H3,(H,21,23). The summed E-state index contributed by atoms with van der Waals surface area (Å²) in [5.41, 5.74) is 1.49. The molecule has 1 amide bonds. The highest BCUT2D eigenvalue weighted by Gasteiger charge is 2.19. The Kier molecular flexibility index (Phi) is 6.73. The van der Waals surface area contributed by atoms with E-state index in [2.05, 4.69) is 10.2 Å². The van der Waals surface area contributed by atoms with E-state index in [0.29, 0.717) is 23.9 Å². The molecule has 6 heteroatoms. The highest BCUT2D eigenvalue weighted by Crippen LogP contribution is 2.26. The van der Waals surface area contributed by atoms with Gasteiger partial charge in [-0.1, -0.05) is 23.7 Å². The Labute approximate surface area is 154 Å². The van der Waals surface area contributed by atoms with Gasteiger partial charge in [0.05, 0.1) is 11.6 Å². The fourth-order valence-corrected chi connectivity index (χ4v) is 2.90. The maximum atomic E-state index is 11.9. The minimum absolute atomic E-state index is 0.412. The van der Waals surface area contributed by atoms with Crippen molar-refractivity contribution in [2.45, 2.75) is 46.3 Å². The Hall–Kier alpha value is -1.72. The highest BCUT2D eigenvalue weighted by atomic mass is 35.5. The summed E-state index contributed by atoms with van der Waals surface area (Å²) >= 11 is 6.26. The lowest BCUT2D eigenvalue weighted by molar-refractivity contribution is 0.0539. The maximum absolute atomic E-state index is 11.9. The predicted octanol–water partition coefficient (Wildman–Crippen LogP) is 4.35. The Balaban J connectivity index is 1.91. The van der Waals surface area contributed by atoms with Crippen molar-refractivity contribution in [1.29, 1.82) is 0 Å². The van der Waals surface area contributed by atoms with E-state index in [9.17, 15) is 4.79 Å². The van der Waals surface area contributed by atoms with Crippen molar-refractivity contribution < 1.29 is 14.3 Å². The van der Waals surface area contributed by atoms with Gasteiger partial charge in [-0.25, -0.2) is 4.79 Å². The van der Waals surface area contributed by atoms with Crippen molar-refractivity contribution in [3.63, 3.8) is 0 Å². The highest BCUT2D eigenvalue weighted by molar-refractivity contribution is 6.32. The fourth-order valence-electron chi connectivity index (χ4n) is 2.64. The van der Waals surface area contributed by atoms with Gasteiger partial charge < -0.3 is 9.47 Å². The summed E-state index contributed by atoms with van der Waals surface area (Å²) in [5, 5.41) is 3.46. The molecule has 1 aromatic carbocycles. The molecule has 1 aliphatic heterocycles. The van der Waals surface area contributed by atoms with Crippen molar-refractivity contribution >= 4 is 17.7 Å². The van der Waals surface area contributed by atoms with Crippen LogP contribution in [0.3, 0.4) is 0 Å². The average Bonchev–Trinajstić information content (AvgIpc) is 2.48. The first-order chi connectivity index (χ1) is 11.8. The molecule has 0 spiro atoms. The number of hydrogen-bond acceptors (Lipinski definition) is 4. The molecule has 0 atom stereocenters. The lowest BCUT2D eigenvalue weighted by Crippen LogP contribution is -2.38. The first kappa shape index (κ1) is 19.6. The minimum Gasteiger partial charge on any atom is -0.492 e. The molecule has 0 unspecified atom stereocenters. The summed E-state index contributed by atoms with van der Waals surface area (Å²) in [7, 11) is 0. The van der Waals surface area contributed by atoms with E-state index in [1.165, 1.54) is 0 Å². The Morgan fingerprint density at radius 2 is 2.12 bits per heavy atom. The number of nitrogens with one attached hydrogen (secondary N) is 1. The van der Waals surface area contributed by atoms with Crippen LogP contribution in [0.5, 0.6) is 5.75 Å². The molecular weight excluding hydrogens is 340 g/mol. The van der Waals surface area contributed by atoms with Crippen LogP contribution in [0.1, 0.15) is 39.7 Å². The number of amides is 1. The van der Waals surface area contributed by atoms with E-state index >= 15 is 0 Å². The lowest BCUT2D eigenvalue weighted by Gasteiger charge is -2.28. The van der Waals surface area contributed by atoms with Crippen LogP contribution in [0.15, 0.2) is 30.0 Å². The van der Waals surface area contributed by atoms with Crippen LogP contribution in [-0.4, -0.2) is 36.3 Å². The van der Waals surface area contributed by atoms with Gasteiger partial charge in [0.1, 0.15) is 11.4 Å². The van der Waals surface area contributed by atoms with Crippen LogP contribution in [0.2, 0.25) is 5.02 Å². The lowest BCUT2D eigenvalue weighted by atomic mass is 10.1. The molecular formula is C19H27ClN2O3. The number of ether oxygens (including phenoxy) is 2. The Morgan fingerprint density at radius 1 is 1.36 bits per heavy atom. The van der Waals surface area contributed by atoms with Gasteiger partial charge in [-0.2, -0.15) is 0 Å². The van der Waals surface area contributed by atoms with E-state index in [0.717, 1.165) is 30.8 Å². The number of benzene rings is 1. The van der Waals surface area contributed by atoms with Crippen LogP contribution < -0.4 is 10.1 Å². The molecule has 0 aliphatic carbocycles. The summed E-state index contributed by atoms with van der Waals surface area (Å²) in [6.07, 6.45) is 2.52. The number of carbonyl (C=O) groups is 1. The summed E-state index contributed by atoms with van der Waals surface area (Å²) in [5.74, 6) is 0.707. The first-order valence-electron chi connectivity index (χ1n) is 8.59. The predicted molar refractivity (Wildman–Crippen MR) is 100.0 cm³/mol. The van der Waals surface area contributed by atoms with Gasteiger partial charge in [-0.05, 0) is 51.8 Å². The Morgan fingerprint density at radius 3 is 2.76 bits per heavy atom. The molecule has 0 fully saturated rings. The van der Waals surface area contributed by atoms with Crippen molar-refractivity contribution in [2.24, 2.45) is 0 Å². The number of nitrogens with zero attached hydrogens (tertiary/aromatic N) is 1. The summed E-state index contributed by atoms with van der Waals surface area (Å²) in [4.78, 5) is 14.2. The van der Waals surface area contributed by atoms with Crippen molar-refractivity contribution in [2.75, 3.05) is 19.7 Å². The number of rotatable bonds is 5. The third-order valence-corrected chi connectivity index (χ3v) is 3.89. The molecule has 2 rings (SSSR count). The van der Waals surface area contributed by atoms with E-state index in [1.807, 2.05) is 52.0 Å². The molecule has 5 nitrogen and oxygen atoms in total. The van der Waals surface area contributed by atoms with Crippen LogP contribution >= 0.6 is 11.6 Å². The zero-order chi connectivity index (χ0) is 18.4. The third-order valence-electron chi connectivity index (χ3n) is 3.59. The van der Waals surface area contributed by atoms with Crippen LogP contribution in [0.4, 0.5) is 4.79 Å². The summed E-state index contributed by atoms with van der Waals surface area (Å²) in [6.45, 7) is 10.4. The molecule has 138 valence electrons. The second kappa shape index (κ2) is 8.59. The Bertz CT molecular complexity index is 638. The maximum Gasteiger partial charge on any atom is 0.411 e. The van der Waals surface area contributed by atoms with Gasteiger partial charge in [-0.15, -0.1) is 0 Å². The van der Waals surface area contributed by atoms with Crippen LogP contribution in [-0.2, 0) is 11.3 Å². The van der Waals surface area contributed by atoms with E-state index in [4.69, 9.17) is 21.1 Å². The van der Waals surface area contributed by atoms with Crippen molar-refractivity contribution in [3.8, 4) is 5.75 Å². The molecule has 25 heavy (non-hydrogen) atoms. The SMILES string of the molecule is CCOc1ccc(CN2CCC=C(NC(=O)OC(C)(C)C)C2)cc1Cl. The summed E-state index contributed by atoms with van der Waals surface area (Å²) in [6, 6.07) is 5.86. The third kappa shape index (κ3) is 6.59. The van der Waals surface area contributed by atoms with Gasteiger partial charge in [0.2, 0.25) is 0 Å². The molecule has 0 bridgehead atoms. The molecule has 0 radical (unpaired) electrons. The summed E-state index contributed by atoms with van der Waals surface area (Å²) < 4.78 is 10.8. The van der Waals surface area contributed by atoms with Gasteiger partial charge >= 0.3 is 6.09 Å². The van der Waals surface area contributed by atoms with E-state index in [-0.39, 0.29) is 0 Å². The quantitative estimate of drug-likeness (QED) is 0.841. The number of carbonyl (C=O) groups excluding carboxylic acids is 1. The first-order valence-corrected chi connectivity index (χ1v) is 8.97. The molecule has 1 aromatic rings. The van der Waals surface area contributed by atoms with Crippen molar-refractivity contribution in [1.82, 2.24) is 10.2 Å². The zero-order valence-electron chi connectivity index (χ0n) is 15.4.